The molecule has 16 rings (SSSR count). The van der Waals surface area contributed by atoms with E-state index in [0.29, 0.717) is 87.9 Å². The molecule has 16 aromatic heterocycles. The smallest absolute Gasteiger partial charge is 0.110 e. The van der Waals surface area contributed by atoms with E-state index in [2.05, 4.69) is 84.7 Å². The second-order valence-electron chi connectivity index (χ2n) is 12.3. The Morgan fingerprint density at radius 1 is 0.359 bits per heavy atom. The number of nitrogens with one attached hydrogen (secondary N) is 2. The van der Waals surface area contributed by atoms with Crippen LogP contribution in [0.5, 0.6) is 0 Å². The Hall–Kier alpha value is -3.16. The molecule has 0 atom stereocenters. The van der Waals surface area contributed by atoms with Crippen LogP contribution in [0.1, 0.15) is 0 Å². The van der Waals surface area contributed by atoms with E-state index in [0.717, 1.165) is 15.5 Å². The minimum absolute atomic E-state index is 0.308. The Kier molecular flexibility index (Phi) is 17.3. The van der Waals surface area contributed by atoms with Crippen molar-refractivity contribution in [2.24, 2.45) is 0 Å². The van der Waals surface area contributed by atoms with Gasteiger partial charge in [-0.3, -0.25) is 0 Å². The van der Waals surface area contributed by atoms with Gasteiger partial charge in [-0.1, -0.05) is 0 Å². The number of hydrogen-bond donors (Lipinski definition) is 2. The molecule has 0 aliphatic carbocycles. The predicted molar refractivity (Wildman–Crippen MR) is 276 cm³/mol. The van der Waals surface area contributed by atoms with Crippen molar-refractivity contribution in [2.75, 3.05) is 0 Å². The van der Waals surface area contributed by atoms with Crippen LogP contribution in [0.15, 0.2) is 150 Å². The zero-order valence-electron chi connectivity index (χ0n) is 32.1. The molecule has 24 heteroatoms. The van der Waals surface area contributed by atoms with E-state index in [1.165, 1.54) is 86.5 Å². The molecular formula is C40H26N10O2S6Se6. The van der Waals surface area contributed by atoms with Crippen LogP contribution in [0.4, 0.5) is 0 Å². The molecule has 0 fully saturated rings. The first kappa shape index (κ1) is 46.0. The fourth-order valence-electron chi connectivity index (χ4n) is 4.98. The van der Waals surface area contributed by atoms with Crippen molar-refractivity contribution >= 4 is 236 Å². The molecule has 16 heterocycles. The molecule has 320 valence electrons. The van der Waals surface area contributed by atoms with E-state index in [9.17, 15) is 0 Å². The van der Waals surface area contributed by atoms with Gasteiger partial charge in [0.05, 0.1) is 31.9 Å². The molecule has 0 aliphatic rings. The number of rotatable bonds is 0. The standard InChI is InChI=1S/C5H4N2S.C5H4N2Se.C5H3NOS.C5H3NOSe.C5H3NS2.2C5H3NSSe.C5H3NSe2/c2*1-4-2-7-8-5(4)3-6-1;3*1-4-2-7-3-5(4)8-6-1;1-4-2-8-3-5(4)7-6-1;2*1-4-2-7-3-5(4)8-6-1/h2*1-3,6H;6*1-3H. The Bertz CT molecular complexity index is 2600. The first-order valence-electron chi connectivity index (χ1n) is 18.1. The van der Waals surface area contributed by atoms with E-state index in [4.69, 9.17) is 8.83 Å². The fourth-order valence-corrected chi connectivity index (χ4v) is 19.4. The van der Waals surface area contributed by atoms with E-state index in [1.807, 2.05) is 68.2 Å². The van der Waals surface area contributed by atoms with E-state index in [1.54, 1.807) is 77.0 Å². The molecule has 0 saturated heterocycles. The van der Waals surface area contributed by atoms with E-state index in [-0.39, 0.29) is 0 Å². The minimum Gasteiger partial charge on any atom is -0.470 e. The van der Waals surface area contributed by atoms with Gasteiger partial charge in [-0.15, -0.1) is 0 Å². The van der Waals surface area contributed by atoms with Crippen molar-refractivity contribution in [3.8, 4) is 0 Å². The predicted octanol–water partition coefficient (Wildman–Crippen LogP) is 10.4. The summed E-state index contributed by atoms with van der Waals surface area (Å²) in [6.45, 7) is 0. The third-order valence-electron chi connectivity index (χ3n) is 8.15. The summed E-state index contributed by atoms with van der Waals surface area (Å²) in [6.07, 6.45) is 30.0. The maximum atomic E-state index is 4.91. The Labute approximate surface area is 423 Å². The molecule has 0 unspecified atom stereocenters. The molecule has 0 spiro atoms. The van der Waals surface area contributed by atoms with Gasteiger partial charge in [0.2, 0.25) is 0 Å². The van der Waals surface area contributed by atoms with Crippen molar-refractivity contribution in [3.05, 3.63) is 141 Å². The Morgan fingerprint density at radius 3 is 1.73 bits per heavy atom. The van der Waals surface area contributed by atoms with Crippen LogP contribution in [0.25, 0.3) is 78.9 Å². The molecule has 0 radical (unpaired) electrons. The number of aromatic nitrogens is 10. The largest absolute Gasteiger partial charge is 0.470 e. The third-order valence-corrected chi connectivity index (χ3v) is 23.8. The number of aromatic amines is 2. The van der Waals surface area contributed by atoms with Crippen molar-refractivity contribution in [1.82, 2.24) is 43.4 Å². The minimum atomic E-state index is 0.308. The molecule has 0 saturated carbocycles. The van der Waals surface area contributed by atoms with Crippen molar-refractivity contribution in [3.63, 3.8) is 0 Å². The van der Waals surface area contributed by atoms with Crippen LogP contribution < -0.4 is 0 Å². The molecular weight excluding hydrogens is 1320 g/mol. The summed E-state index contributed by atoms with van der Waals surface area (Å²) in [6, 6.07) is 0. The zero-order chi connectivity index (χ0) is 43.2. The van der Waals surface area contributed by atoms with Crippen molar-refractivity contribution in [2.45, 2.75) is 0 Å². The summed E-state index contributed by atoms with van der Waals surface area (Å²) in [5.41, 5.74) is 0. The van der Waals surface area contributed by atoms with Gasteiger partial charge in [0.1, 0.15) is 12.5 Å². The zero-order valence-corrected chi connectivity index (χ0v) is 47.3. The molecule has 64 heavy (non-hydrogen) atoms. The summed E-state index contributed by atoms with van der Waals surface area (Å²) in [5, 5.41) is 18.6. The number of hydrogen-bond acceptors (Lipinski definition) is 16. The molecule has 12 nitrogen and oxygen atoms in total. The van der Waals surface area contributed by atoms with Gasteiger partial charge in [-0.25, -0.2) is 0 Å². The van der Waals surface area contributed by atoms with Crippen LogP contribution >= 0.6 is 68.8 Å². The van der Waals surface area contributed by atoms with Crippen LogP contribution in [0.3, 0.4) is 0 Å². The normalized spacial score (nSPS) is 10.5. The van der Waals surface area contributed by atoms with Crippen LogP contribution in [-0.4, -0.2) is 131 Å². The number of nitrogens with zero attached hydrogens (tertiary/aromatic N) is 8. The Balaban J connectivity index is 0.0000000926. The fraction of sp³-hybridized carbons (Fsp3) is 0. The molecule has 0 amide bonds. The Morgan fingerprint density at radius 2 is 0.953 bits per heavy atom. The molecule has 0 bridgehead atoms. The molecule has 2 N–H and O–H groups in total. The van der Waals surface area contributed by atoms with Gasteiger partial charge in [-0.05, 0) is 34.6 Å². The summed E-state index contributed by atoms with van der Waals surface area (Å²) in [4.78, 5) is 15.2. The van der Waals surface area contributed by atoms with Gasteiger partial charge in [0, 0.05) is 40.1 Å². The molecule has 16 aromatic rings. The monoisotopic (exact) mass is 1350 g/mol. The first-order chi connectivity index (χ1) is 31.7. The first-order valence-corrected chi connectivity index (χ1v) is 33.5. The van der Waals surface area contributed by atoms with Crippen LogP contribution in [-0.2, 0) is 0 Å². The average Bonchev–Trinajstić information content (AvgIpc) is 4.09. The average molecular weight is 1340 g/mol. The number of furan rings is 2. The maximum Gasteiger partial charge on any atom is 0.110 e. The third kappa shape index (κ3) is 12.6. The number of fused-ring (bicyclic) bond motifs is 8. The number of thiophene rings is 2. The van der Waals surface area contributed by atoms with Gasteiger partial charge in [0.15, 0.2) is 0 Å². The van der Waals surface area contributed by atoms with Gasteiger partial charge >= 0.3 is 276 Å². The number of H-pyrrole nitrogens is 2. The SMILES string of the molecule is c1n[se]c2c[nH]cc12.c1n[se]c2c[se]cc12.c1n[se]c2cocc12.c1n[se]c2cscc12.c1nsc2c[nH]cc12.c1nsc2c[se]cc12.c1nsc2cocc12.c1nsc2cscc12. The maximum absolute atomic E-state index is 4.91. The van der Waals surface area contributed by atoms with E-state index < -0.39 is 0 Å². The molecule has 0 aliphatic heterocycles. The second kappa shape index (κ2) is 24.0. The summed E-state index contributed by atoms with van der Waals surface area (Å²) >= 11 is 12.4. The van der Waals surface area contributed by atoms with Crippen LogP contribution in [0.2, 0.25) is 0 Å². The van der Waals surface area contributed by atoms with Crippen molar-refractivity contribution < 1.29 is 8.83 Å². The van der Waals surface area contributed by atoms with Gasteiger partial charge in [-0.2, -0.15) is 24.5 Å². The van der Waals surface area contributed by atoms with Crippen LogP contribution in [0, 0.1) is 0 Å². The topological polar surface area (TPSA) is 161 Å². The van der Waals surface area contributed by atoms with Gasteiger partial charge < -0.3 is 9.40 Å². The second-order valence-corrected chi connectivity index (χ2v) is 27.2. The summed E-state index contributed by atoms with van der Waals surface area (Å²) in [5.74, 6) is 0. The summed E-state index contributed by atoms with van der Waals surface area (Å²) < 4.78 is 52.9. The molecule has 0 aromatic carbocycles. The van der Waals surface area contributed by atoms with Gasteiger partial charge in [0.25, 0.3) is 0 Å². The quantitative estimate of drug-likeness (QED) is 0.140. The summed E-state index contributed by atoms with van der Waals surface area (Å²) in [7, 11) is 0. The van der Waals surface area contributed by atoms with E-state index >= 15 is 0 Å². The van der Waals surface area contributed by atoms with Crippen molar-refractivity contribution in [1.29, 1.82) is 0 Å².